The number of carbonyl (C=O) groups is 2. The van der Waals surface area contributed by atoms with Crippen LogP contribution in [0.1, 0.15) is 33.9 Å². The molecule has 2 heterocycles. The number of nitrogens with zero attached hydrogens (tertiary/aromatic N) is 3. The number of amides is 1. The Balaban J connectivity index is 1.27. The molecule has 42 heavy (non-hydrogen) atoms. The number of aryl methyl sites for hydroxylation is 1. The van der Waals surface area contributed by atoms with E-state index in [-0.39, 0.29) is 30.5 Å². The summed E-state index contributed by atoms with van der Waals surface area (Å²) >= 11 is 0. The van der Waals surface area contributed by atoms with Crippen molar-refractivity contribution in [3.8, 4) is 28.3 Å². The first-order valence-corrected chi connectivity index (χ1v) is 13.4. The molecule has 9 nitrogen and oxygen atoms in total. The van der Waals surface area contributed by atoms with Crippen molar-refractivity contribution < 1.29 is 24.2 Å². The maximum absolute atomic E-state index is 13.1. The van der Waals surface area contributed by atoms with Crippen LogP contribution in [-0.2, 0) is 11.3 Å². The Bertz CT molecular complexity index is 1830. The van der Waals surface area contributed by atoms with Gasteiger partial charge in [0.2, 0.25) is 5.91 Å². The predicted octanol–water partition coefficient (Wildman–Crippen LogP) is 6.06. The van der Waals surface area contributed by atoms with Crippen molar-refractivity contribution in [2.45, 2.75) is 19.0 Å². The zero-order chi connectivity index (χ0) is 29.1. The van der Waals surface area contributed by atoms with Crippen LogP contribution in [0.3, 0.4) is 0 Å². The number of aromatic nitrogens is 3. The molecule has 0 spiro atoms. The Morgan fingerprint density at radius 3 is 2.12 bits per heavy atom. The summed E-state index contributed by atoms with van der Waals surface area (Å²) in [6, 6.07) is 31.3. The van der Waals surface area contributed by atoms with Gasteiger partial charge in [-0.3, -0.25) is 9.48 Å². The Kier molecular flexibility index (Phi) is 7.21. The van der Waals surface area contributed by atoms with Crippen LogP contribution < -0.4 is 5.32 Å². The molecule has 3 N–H and O–H groups in total. The van der Waals surface area contributed by atoms with Gasteiger partial charge in [-0.15, -0.1) is 5.10 Å². The van der Waals surface area contributed by atoms with E-state index in [2.05, 4.69) is 15.6 Å². The van der Waals surface area contributed by atoms with Crippen molar-refractivity contribution in [1.29, 1.82) is 0 Å². The van der Waals surface area contributed by atoms with Crippen LogP contribution in [0.2, 0.25) is 0 Å². The van der Waals surface area contributed by atoms with Gasteiger partial charge in [0, 0.05) is 23.4 Å². The van der Waals surface area contributed by atoms with Crippen molar-refractivity contribution in [3.63, 3.8) is 0 Å². The molecule has 0 saturated heterocycles. The molecule has 4 aromatic carbocycles. The van der Waals surface area contributed by atoms with E-state index < -0.39 is 11.7 Å². The molecule has 0 unspecified atom stereocenters. The second-order valence-corrected chi connectivity index (χ2v) is 9.78. The maximum atomic E-state index is 13.1. The number of hydrogen-bond acceptors (Lipinski definition) is 6. The SMILES string of the molecule is O=C(CCn1cc(-c2c(-c3ccccc3)oc3cc(O)c(C(=O)O)cc23)nn1)NC(c1ccccc1)c1ccccc1. The van der Waals surface area contributed by atoms with E-state index in [0.29, 0.717) is 28.0 Å². The molecule has 2 aromatic heterocycles. The average Bonchev–Trinajstić information content (AvgIpc) is 3.64. The first-order chi connectivity index (χ1) is 20.5. The molecular formula is C33H26N4O5. The quantitative estimate of drug-likeness (QED) is 0.197. The zero-order valence-corrected chi connectivity index (χ0v) is 22.3. The van der Waals surface area contributed by atoms with Gasteiger partial charge < -0.3 is 19.9 Å². The second-order valence-electron chi connectivity index (χ2n) is 9.78. The normalized spacial score (nSPS) is 11.2. The van der Waals surface area contributed by atoms with Gasteiger partial charge in [-0.1, -0.05) is 96.2 Å². The molecule has 6 rings (SSSR count). The highest BCUT2D eigenvalue weighted by atomic mass is 16.4. The van der Waals surface area contributed by atoms with Crippen LogP contribution in [-0.4, -0.2) is 37.1 Å². The first-order valence-electron chi connectivity index (χ1n) is 13.4. The lowest BCUT2D eigenvalue weighted by Crippen LogP contribution is -2.30. The third kappa shape index (κ3) is 5.35. The number of carboxylic acid groups (broad SMARTS) is 1. The van der Waals surface area contributed by atoms with E-state index in [0.717, 1.165) is 16.7 Å². The van der Waals surface area contributed by atoms with E-state index >= 15 is 0 Å². The van der Waals surface area contributed by atoms with Crippen LogP contribution in [0.15, 0.2) is 114 Å². The minimum Gasteiger partial charge on any atom is -0.507 e. The Morgan fingerprint density at radius 1 is 0.881 bits per heavy atom. The van der Waals surface area contributed by atoms with Crippen molar-refractivity contribution in [2.24, 2.45) is 0 Å². The van der Waals surface area contributed by atoms with E-state index in [1.165, 1.54) is 12.1 Å². The molecule has 0 fully saturated rings. The highest BCUT2D eigenvalue weighted by molar-refractivity contribution is 6.05. The highest BCUT2D eigenvalue weighted by Crippen LogP contribution is 2.42. The number of nitrogens with one attached hydrogen (secondary N) is 1. The van der Waals surface area contributed by atoms with E-state index in [9.17, 15) is 19.8 Å². The Hall–Kier alpha value is -5.70. The molecule has 0 radical (unpaired) electrons. The lowest BCUT2D eigenvalue weighted by Gasteiger charge is -2.20. The average molecular weight is 559 g/mol. The number of hydrogen-bond donors (Lipinski definition) is 3. The number of carboxylic acids is 1. The summed E-state index contributed by atoms with van der Waals surface area (Å²) < 4.78 is 7.67. The second kappa shape index (κ2) is 11.4. The molecule has 0 aliphatic carbocycles. The third-order valence-electron chi connectivity index (χ3n) is 7.01. The summed E-state index contributed by atoms with van der Waals surface area (Å²) in [6.07, 6.45) is 1.86. The van der Waals surface area contributed by atoms with Gasteiger partial charge in [0.25, 0.3) is 0 Å². The molecule has 0 aliphatic rings. The summed E-state index contributed by atoms with van der Waals surface area (Å²) in [5, 5.41) is 32.0. The summed E-state index contributed by atoms with van der Waals surface area (Å²) in [5.74, 6) is -1.34. The Labute approximate surface area is 240 Å². The number of fused-ring (bicyclic) bond motifs is 1. The van der Waals surface area contributed by atoms with Crippen LogP contribution in [0, 0.1) is 0 Å². The molecular weight excluding hydrogens is 532 g/mol. The van der Waals surface area contributed by atoms with Crippen LogP contribution in [0.5, 0.6) is 5.75 Å². The van der Waals surface area contributed by atoms with Gasteiger partial charge in [0.15, 0.2) is 0 Å². The third-order valence-corrected chi connectivity index (χ3v) is 7.01. The van der Waals surface area contributed by atoms with Crippen LogP contribution >= 0.6 is 0 Å². The highest BCUT2D eigenvalue weighted by Gasteiger charge is 2.24. The lowest BCUT2D eigenvalue weighted by atomic mass is 9.98. The summed E-state index contributed by atoms with van der Waals surface area (Å²) in [7, 11) is 0. The minimum atomic E-state index is -1.26. The molecule has 0 bridgehead atoms. The van der Waals surface area contributed by atoms with Gasteiger partial charge in [-0.25, -0.2) is 4.79 Å². The molecule has 9 heteroatoms. The van der Waals surface area contributed by atoms with Crippen molar-refractivity contribution in [2.75, 3.05) is 0 Å². The minimum absolute atomic E-state index is 0.148. The maximum Gasteiger partial charge on any atom is 0.339 e. The van der Waals surface area contributed by atoms with Gasteiger partial charge >= 0.3 is 5.97 Å². The summed E-state index contributed by atoms with van der Waals surface area (Å²) in [4.78, 5) is 24.8. The number of furan rings is 1. The molecule has 1 amide bonds. The van der Waals surface area contributed by atoms with Crippen LogP contribution in [0.4, 0.5) is 0 Å². The van der Waals surface area contributed by atoms with Gasteiger partial charge in [0.1, 0.15) is 28.4 Å². The van der Waals surface area contributed by atoms with Crippen molar-refractivity contribution in [1.82, 2.24) is 20.3 Å². The molecule has 208 valence electrons. The fourth-order valence-corrected chi connectivity index (χ4v) is 4.97. The number of aromatic carboxylic acids is 1. The van der Waals surface area contributed by atoms with E-state index in [1.54, 1.807) is 10.9 Å². The van der Waals surface area contributed by atoms with E-state index in [4.69, 9.17) is 4.42 Å². The number of carbonyl (C=O) groups excluding carboxylic acids is 1. The molecule has 6 aromatic rings. The lowest BCUT2D eigenvalue weighted by molar-refractivity contribution is -0.121. The number of rotatable bonds is 9. The van der Waals surface area contributed by atoms with Gasteiger partial charge in [0.05, 0.1) is 24.3 Å². The topological polar surface area (TPSA) is 130 Å². The zero-order valence-electron chi connectivity index (χ0n) is 22.3. The van der Waals surface area contributed by atoms with E-state index in [1.807, 2.05) is 91.0 Å². The number of aromatic hydroxyl groups is 1. The number of benzene rings is 4. The molecule has 0 atom stereocenters. The Morgan fingerprint density at radius 2 is 1.50 bits per heavy atom. The molecule has 0 saturated carbocycles. The van der Waals surface area contributed by atoms with Crippen molar-refractivity contribution >= 4 is 22.8 Å². The number of phenols is 1. The van der Waals surface area contributed by atoms with Gasteiger partial charge in [-0.05, 0) is 17.2 Å². The molecule has 0 aliphatic heterocycles. The largest absolute Gasteiger partial charge is 0.507 e. The first kappa shape index (κ1) is 26.5. The predicted molar refractivity (Wildman–Crippen MR) is 157 cm³/mol. The van der Waals surface area contributed by atoms with Gasteiger partial charge in [-0.2, -0.15) is 0 Å². The fourth-order valence-electron chi connectivity index (χ4n) is 4.97. The standard InChI is InChI=1S/C33H26N4O5/c38-27-19-28-25(18-24(27)33(40)41)30(32(42-28)23-14-8-3-9-15-23)26-20-37(36-35-26)17-16-29(39)34-31(21-10-4-1-5-11-21)22-12-6-2-7-13-22/h1-15,18-20,31,38H,16-17H2,(H,34,39)(H,40,41). The smallest absolute Gasteiger partial charge is 0.339 e. The van der Waals surface area contributed by atoms with Crippen LogP contribution in [0.25, 0.3) is 33.6 Å². The van der Waals surface area contributed by atoms with Crippen molar-refractivity contribution in [3.05, 3.63) is 126 Å². The fraction of sp³-hybridized carbons (Fsp3) is 0.0909. The summed E-state index contributed by atoms with van der Waals surface area (Å²) in [5.41, 5.74) is 3.76. The monoisotopic (exact) mass is 558 g/mol. The summed E-state index contributed by atoms with van der Waals surface area (Å²) in [6.45, 7) is 0.271.